The third-order valence-corrected chi connectivity index (χ3v) is 2.90. The number of rotatable bonds is 6. The molecule has 0 saturated carbocycles. The minimum atomic E-state index is -0.0632. The van der Waals surface area contributed by atoms with E-state index in [1.54, 1.807) is 0 Å². The molecule has 1 saturated heterocycles. The van der Waals surface area contributed by atoms with E-state index in [1.165, 1.54) is 32.8 Å². The molecule has 0 aromatic heterocycles. The standard InChI is InChI=1S/C11H21NO2/c1-3-4-5-6-8-12-9-7-10(12)11(13)14-2/h10H,3-9H2,1-2H3. The highest BCUT2D eigenvalue weighted by Gasteiger charge is 2.33. The Morgan fingerprint density at radius 3 is 2.71 bits per heavy atom. The monoisotopic (exact) mass is 199 g/mol. The van der Waals surface area contributed by atoms with Crippen molar-refractivity contribution in [3.8, 4) is 0 Å². The maximum atomic E-state index is 11.2. The van der Waals surface area contributed by atoms with Crippen molar-refractivity contribution in [3.05, 3.63) is 0 Å². The molecule has 0 spiro atoms. The van der Waals surface area contributed by atoms with Gasteiger partial charge in [-0.1, -0.05) is 26.2 Å². The van der Waals surface area contributed by atoms with E-state index in [-0.39, 0.29) is 12.0 Å². The number of hydrogen-bond acceptors (Lipinski definition) is 3. The first-order valence-electron chi connectivity index (χ1n) is 5.61. The highest BCUT2D eigenvalue weighted by atomic mass is 16.5. The van der Waals surface area contributed by atoms with Crippen LogP contribution in [-0.4, -0.2) is 37.1 Å². The fourth-order valence-electron chi connectivity index (χ4n) is 1.85. The van der Waals surface area contributed by atoms with Crippen molar-refractivity contribution in [2.24, 2.45) is 0 Å². The van der Waals surface area contributed by atoms with E-state index in [1.807, 2.05) is 0 Å². The van der Waals surface area contributed by atoms with Crippen molar-refractivity contribution >= 4 is 5.97 Å². The normalized spacial score (nSPS) is 21.7. The van der Waals surface area contributed by atoms with E-state index in [0.717, 1.165) is 19.5 Å². The molecular weight excluding hydrogens is 178 g/mol. The first kappa shape index (κ1) is 11.5. The van der Waals surface area contributed by atoms with Gasteiger partial charge in [-0.25, -0.2) is 0 Å². The second-order valence-corrected chi connectivity index (χ2v) is 3.92. The molecule has 0 N–H and O–H groups in total. The molecule has 3 heteroatoms. The number of hydrogen-bond donors (Lipinski definition) is 0. The molecule has 0 aromatic carbocycles. The summed E-state index contributed by atoms with van der Waals surface area (Å²) < 4.78 is 4.73. The number of methoxy groups -OCH3 is 1. The van der Waals surface area contributed by atoms with E-state index in [4.69, 9.17) is 4.74 Å². The summed E-state index contributed by atoms with van der Waals surface area (Å²) in [6.07, 6.45) is 6.03. The zero-order valence-corrected chi connectivity index (χ0v) is 9.29. The Labute approximate surface area is 86.4 Å². The summed E-state index contributed by atoms with van der Waals surface area (Å²) in [6, 6.07) is 0.0571. The zero-order valence-electron chi connectivity index (χ0n) is 9.29. The van der Waals surface area contributed by atoms with E-state index >= 15 is 0 Å². The van der Waals surface area contributed by atoms with Gasteiger partial charge in [0.05, 0.1) is 7.11 Å². The van der Waals surface area contributed by atoms with Gasteiger partial charge in [-0.3, -0.25) is 9.69 Å². The minimum Gasteiger partial charge on any atom is -0.468 e. The Morgan fingerprint density at radius 2 is 2.21 bits per heavy atom. The summed E-state index contributed by atoms with van der Waals surface area (Å²) in [5.74, 6) is -0.0632. The minimum absolute atomic E-state index is 0.0571. The van der Waals surface area contributed by atoms with Crippen LogP contribution in [0.2, 0.25) is 0 Å². The molecule has 0 aromatic rings. The van der Waals surface area contributed by atoms with E-state index in [9.17, 15) is 4.79 Å². The van der Waals surface area contributed by atoms with Gasteiger partial charge in [0.15, 0.2) is 0 Å². The predicted molar refractivity (Wildman–Crippen MR) is 56.1 cm³/mol. The largest absolute Gasteiger partial charge is 0.468 e. The zero-order chi connectivity index (χ0) is 10.4. The van der Waals surface area contributed by atoms with Crippen LogP contribution in [0.1, 0.15) is 39.0 Å². The maximum absolute atomic E-state index is 11.2. The molecule has 3 nitrogen and oxygen atoms in total. The number of likely N-dealkylation sites (tertiary alicyclic amines) is 1. The Bertz CT molecular complexity index is 182. The molecule has 0 bridgehead atoms. The van der Waals surface area contributed by atoms with Crippen LogP contribution >= 0.6 is 0 Å². The molecule has 1 aliphatic rings. The number of carbonyl (C=O) groups is 1. The fraction of sp³-hybridized carbons (Fsp3) is 0.909. The molecule has 1 heterocycles. The van der Waals surface area contributed by atoms with Gasteiger partial charge in [-0.2, -0.15) is 0 Å². The van der Waals surface area contributed by atoms with Crippen LogP contribution in [0.5, 0.6) is 0 Å². The molecule has 14 heavy (non-hydrogen) atoms. The van der Waals surface area contributed by atoms with Crippen LogP contribution in [-0.2, 0) is 9.53 Å². The van der Waals surface area contributed by atoms with Gasteiger partial charge in [0.1, 0.15) is 6.04 Å². The lowest BCUT2D eigenvalue weighted by Crippen LogP contribution is -2.52. The fourth-order valence-corrected chi connectivity index (χ4v) is 1.85. The van der Waals surface area contributed by atoms with Crippen molar-refractivity contribution in [2.45, 2.75) is 45.1 Å². The second kappa shape index (κ2) is 6.02. The van der Waals surface area contributed by atoms with Crippen molar-refractivity contribution in [3.63, 3.8) is 0 Å². The van der Waals surface area contributed by atoms with Gasteiger partial charge in [-0.05, 0) is 19.4 Å². The van der Waals surface area contributed by atoms with Crippen molar-refractivity contribution < 1.29 is 9.53 Å². The lowest BCUT2D eigenvalue weighted by molar-refractivity contribution is -0.151. The summed E-state index contributed by atoms with van der Waals surface area (Å²) in [6.45, 7) is 4.33. The lowest BCUT2D eigenvalue weighted by atomic mass is 10.0. The molecule has 1 atom stereocenters. The molecule has 1 rings (SSSR count). The summed E-state index contributed by atoms with van der Waals surface area (Å²) in [5.41, 5.74) is 0. The molecule has 1 fully saturated rings. The first-order chi connectivity index (χ1) is 6.79. The van der Waals surface area contributed by atoms with Crippen LogP contribution in [0, 0.1) is 0 Å². The molecule has 0 aliphatic carbocycles. The van der Waals surface area contributed by atoms with Crippen molar-refractivity contribution in [1.29, 1.82) is 0 Å². The van der Waals surface area contributed by atoms with Gasteiger partial charge < -0.3 is 4.74 Å². The highest BCUT2D eigenvalue weighted by molar-refractivity contribution is 5.76. The highest BCUT2D eigenvalue weighted by Crippen LogP contribution is 2.19. The smallest absolute Gasteiger partial charge is 0.323 e. The van der Waals surface area contributed by atoms with Crippen LogP contribution in [0.3, 0.4) is 0 Å². The third-order valence-electron chi connectivity index (χ3n) is 2.90. The molecular formula is C11H21NO2. The summed E-state index contributed by atoms with van der Waals surface area (Å²) in [5, 5.41) is 0. The van der Waals surface area contributed by atoms with Gasteiger partial charge in [0.25, 0.3) is 0 Å². The number of nitrogens with zero attached hydrogens (tertiary/aromatic N) is 1. The third kappa shape index (κ3) is 2.98. The Hall–Kier alpha value is -0.570. The van der Waals surface area contributed by atoms with E-state index in [2.05, 4.69) is 11.8 Å². The first-order valence-corrected chi connectivity index (χ1v) is 5.61. The second-order valence-electron chi connectivity index (χ2n) is 3.92. The van der Waals surface area contributed by atoms with Gasteiger partial charge >= 0.3 is 5.97 Å². The Morgan fingerprint density at radius 1 is 1.43 bits per heavy atom. The average Bonchev–Trinajstić information content (AvgIpc) is 2.15. The summed E-state index contributed by atoms with van der Waals surface area (Å²) >= 11 is 0. The molecule has 82 valence electrons. The van der Waals surface area contributed by atoms with Crippen LogP contribution < -0.4 is 0 Å². The molecule has 1 unspecified atom stereocenters. The van der Waals surface area contributed by atoms with E-state index < -0.39 is 0 Å². The summed E-state index contributed by atoms with van der Waals surface area (Å²) in [7, 11) is 1.47. The van der Waals surface area contributed by atoms with Crippen molar-refractivity contribution in [1.82, 2.24) is 4.90 Å². The average molecular weight is 199 g/mol. The van der Waals surface area contributed by atoms with E-state index in [0.29, 0.717) is 0 Å². The van der Waals surface area contributed by atoms with Crippen LogP contribution in [0.15, 0.2) is 0 Å². The number of unbranched alkanes of at least 4 members (excludes halogenated alkanes) is 3. The Kier molecular flexibility index (Phi) is 4.94. The predicted octanol–water partition coefficient (Wildman–Crippen LogP) is 1.81. The quantitative estimate of drug-likeness (QED) is 0.482. The number of esters is 1. The molecule has 1 aliphatic heterocycles. The SMILES string of the molecule is CCCCCCN1CCC1C(=O)OC. The molecule has 0 radical (unpaired) electrons. The van der Waals surface area contributed by atoms with Crippen LogP contribution in [0.4, 0.5) is 0 Å². The van der Waals surface area contributed by atoms with Crippen LogP contribution in [0.25, 0.3) is 0 Å². The summed E-state index contributed by atoms with van der Waals surface area (Å²) in [4.78, 5) is 13.5. The van der Waals surface area contributed by atoms with Crippen molar-refractivity contribution in [2.75, 3.05) is 20.2 Å². The van der Waals surface area contributed by atoms with Gasteiger partial charge in [0, 0.05) is 6.54 Å². The lowest BCUT2D eigenvalue weighted by Gasteiger charge is -2.38. The Balaban J connectivity index is 2.10. The van der Waals surface area contributed by atoms with Gasteiger partial charge in [0.2, 0.25) is 0 Å². The number of carbonyl (C=O) groups excluding carboxylic acids is 1. The maximum Gasteiger partial charge on any atom is 0.323 e. The molecule has 0 amide bonds. The number of ether oxygens (including phenoxy) is 1. The topological polar surface area (TPSA) is 29.5 Å². The van der Waals surface area contributed by atoms with Gasteiger partial charge in [-0.15, -0.1) is 0 Å².